The molecule has 0 atom stereocenters. The van der Waals surface area contributed by atoms with E-state index in [-0.39, 0.29) is 5.97 Å². The van der Waals surface area contributed by atoms with Gasteiger partial charge >= 0.3 is 5.97 Å². The van der Waals surface area contributed by atoms with Gasteiger partial charge in [-0.05, 0) is 18.2 Å². The van der Waals surface area contributed by atoms with Crippen LogP contribution in [0.3, 0.4) is 0 Å². The molecule has 5 nitrogen and oxygen atoms in total. The molecule has 16 heavy (non-hydrogen) atoms. The lowest BCUT2D eigenvalue weighted by molar-refractivity contribution is -0.105. The van der Waals surface area contributed by atoms with Crippen molar-refractivity contribution in [2.45, 2.75) is 0 Å². The van der Waals surface area contributed by atoms with Crippen LogP contribution in [-0.4, -0.2) is 24.5 Å². The number of aromatic nitrogens is 1. The van der Waals surface area contributed by atoms with Crippen molar-refractivity contribution in [1.29, 1.82) is 0 Å². The second-order valence-electron chi connectivity index (χ2n) is 3.22. The highest BCUT2D eigenvalue weighted by atomic mass is 16.5. The van der Waals surface area contributed by atoms with Gasteiger partial charge < -0.3 is 15.0 Å². The van der Waals surface area contributed by atoms with E-state index in [1.165, 1.54) is 7.11 Å². The highest BCUT2D eigenvalue weighted by Gasteiger charge is 2.11. The Morgan fingerprint density at radius 3 is 3.00 bits per heavy atom. The first-order chi connectivity index (χ1) is 7.76. The lowest BCUT2D eigenvalue weighted by Crippen LogP contribution is -1.99. The Kier molecular flexibility index (Phi) is 2.59. The number of benzene rings is 1. The fraction of sp³-hybridized carbons (Fsp3) is 0.0909. The smallest absolute Gasteiger partial charge is 0.340 e. The number of hydrogen-bond acceptors (Lipinski definition) is 3. The Bertz CT molecular complexity index is 545. The summed E-state index contributed by atoms with van der Waals surface area (Å²) in [6.45, 7) is 0. The lowest BCUT2D eigenvalue weighted by atomic mass is 10.1. The van der Waals surface area contributed by atoms with Gasteiger partial charge in [-0.15, -0.1) is 0 Å². The molecule has 0 aliphatic rings. The van der Waals surface area contributed by atoms with E-state index < -0.39 is 0 Å². The summed E-state index contributed by atoms with van der Waals surface area (Å²) >= 11 is 0. The number of amides is 1. The third-order valence-electron chi connectivity index (χ3n) is 2.31. The zero-order chi connectivity index (χ0) is 11.5. The van der Waals surface area contributed by atoms with Crippen LogP contribution in [0.4, 0.5) is 5.69 Å². The van der Waals surface area contributed by atoms with Crippen molar-refractivity contribution in [3.63, 3.8) is 0 Å². The van der Waals surface area contributed by atoms with E-state index in [0.717, 1.165) is 10.9 Å². The monoisotopic (exact) mass is 218 g/mol. The number of methoxy groups -OCH3 is 1. The molecule has 0 spiro atoms. The topological polar surface area (TPSA) is 71.2 Å². The van der Waals surface area contributed by atoms with Gasteiger partial charge in [-0.25, -0.2) is 4.79 Å². The van der Waals surface area contributed by atoms with E-state index in [4.69, 9.17) is 0 Å². The summed E-state index contributed by atoms with van der Waals surface area (Å²) in [4.78, 5) is 24.6. The fourth-order valence-corrected chi connectivity index (χ4v) is 1.56. The molecule has 0 saturated carbocycles. The molecule has 1 aromatic heterocycles. The number of H-pyrrole nitrogens is 1. The third-order valence-corrected chi connectivity index (χ3v) is 2.31. The van der Waals surface area contributed by atoms with E-state index in [9.17, 15) is 9.59 Å². The van der Waals surface area contributed by atoms with Gasteiger partial charge in [-0.3, -0.25) is 4.79 Å². The van der Waals surface area contributed by atoms with E-state index in [1.54, 1.807) is 24.4 Å². The molecular formula is C11H10N2O3. The van der Waals surface area contributed by atoms with Crippen molar-refractivity contribution < 1.29 is 14.3 Å². The number of fused-ring (bicyclic) bond motifs is 1. The van der Waals surface area contributed by atoms with Crippen LogP contribution in [-0.2, 0) is 9.53 Å². The highest BCUT2D eigenvalue weighted by Crippen LogP contribution is 2.22. The molecule has 2 rings (SSSR count). The molecule has 5 heteroatoms. The Morgan fingerprint density at radius 2 is 2.31 bits per heavy atom. The molecule has 1 amide bonds. The van der Waals surface area contributed by atoms with Gasteiger partial charge in [0.05, 0.1) is 12.7 Å². The van der Waals surface area contributed by atoms with Crippen LogP contribution in [0.1, 0.15) is 10.4 Å². The van der Waals surface area contributed by atoms with Crippen molar-refractivity contribution >= 4 is 29.0 Å². The number of nitrogens with one attached hydrogen (secondary N) is 2. The predicted octanol–water partition coefficient (Wildman–Crippen LogP) is 1.52. The average Bonchev–Trinajstić information content (AvgIpc) is 2.71. The van der Waals surface area contributed by atoms with Gasteiger partial charge in [0, 0.05) is 22.8 Å². The van der Waals surface area contributed by atoms with E-state index in [1.807, 2.05) is 0 Å². The van der Waals surface area contributed by atoms with Gasteiger partial charge in [-0.2, -0.15) is 0 Å². The summed E-state index contributed by atoms with van der Waals surface area (Å²) in [7, 11) is 1.34. The Morgan fingerprint density at radius 1 is 1.50 bits per heavy atom. The second kappa shape index (κ2) is 4.06. The SMILES string of the molecule is COC(=O)c1c[nH]c2cc(NC=O)ccc12. The Labute approximate surface area is 91.4 Å². The number of carbonyl (C=O) groups is 2. The molecule has 0 bridgehead atoms. The van der Waals surface area contributed by atoms with Crippen LogP contribution < -0.4 is 5.32 Å². The molecule has 2 N–H and O–H groups in total. The van der Waals surface area contributed by atoms with Crippen molar-refractivity contribution in [2.75, 3.05) is 12.4 Å². The predicted molar refractivity (Wildman–Crippen MR) is 59.3 cm³/mol. The first kappa shape index (κ1) is 10.2. The van der Waals surface area contributed by atoms with Crippen molar-refractivity contribution in [3.8, 4) is 0 Å². The number of carbonyl (C=O) groups excluding carboxylic acids is 2. The van der Waals surface area contributed by atoms with Crippen molar-refractivity contribution in [3.05, 3.63) is 30.0 Å². The summed E-state index contributed by atoms with van der Waals surface area (Å²) < 4.78 is 4.65. The van der Waals surface area contributed by atoms with E-state index >= 15 is 0 Å². The van der Waals surface area contributed by atoms with Crippen LogP contribution in [0, 0.1) is 0 Å². The summed E-state index contributed by atoms with van der Waals surface area (Å²) in [5, 5.41) is 3.30. The maximum atomic E-state index is 11.4. The van der Waals surface area contributed by atoms with Gasteiger partial charge in [0.25, 0.3) is 0 Å². The van der Waals surface area contributed by atoms with E-state index in [2.05, 4.69) is 15.0 Å². The summed E-state index contributed by atoms with van der Waals surface area (Å²) in [5.41, 5.74) is 1.92. The number of anilines is 1. The molecule has 0 aliphatic carbocycles. The summed E-state index contributed by atoms with van der Waals surface area (Å²) in [5.74, 6) is -0.387. The third kappa shape index (κ3) is 1.63. The molecule has 0 unspecified atom stereocenters. The normalized spacial score (nSPS) is 10.1. The Balaban J connectivity index is 2.50. The minimum absolute atomic E-state index is 0.387. The van der Waals surface area contributed by atoms with Crippen LogP contribution in [0.5, 0.6) is 0 Å². The molecule has 0 saturated heterocycles. The quantitative estimate of drug-likeness (QED) is 0.606. The van der Waals surface area contributed by atoms with E-state index in [0.29, 0.717) is 17.7 Å². The van der Waals surface area contributed by atoms with Crippen molar-refractivity contribution in [1.82, 2.24) is 4.98 Å². The molecular weight excluding hydrogens is 208 g/mol. The number of aromatic amines is 1. The zero-order valence-electron chi connectivity index (χ0n) is 8.61. The minimum atomic E-state index is -0.387. The fourth-order valence-electron chi connectivity index (χ4n) is 1.56. The van der Waals surface area contributed by atoms with Gasteiger partial charge in [0.15, 0.2) is 0 Å². The van der Waals surface area contributed by atoms with Gasteiger partial charge in [0.1, 0.15) is 0 Å². The summed E-state index contributed by atoms with van der Waals surface area (Å²) in [6, 6.07) is 5.22. The second-order valence-corrected chi connectivity index (χ2v) is 3.22. The maximum Gasteiger partial charge on any atom is 0.340 e. The lowest BCUT2D eigenvalue weighted by Gasteiger charge is -1.99. The maximum absolute atomic E-state index is 11.4. The van der Waals surface area contributed by atoms with Gasteiger partial charge in [-0.1, -0.05) is 0 Å². The van der Waals surface area contributed by atoms with Gasteiger partial charge in [0.2, 0.25) is 6.41 Å². The molecule has 0 radical (unpaired) electrons. The standard InChI is InChI=1S/C11H10N2O3/c1-16-11(15)9-5-12-10-4-7(13-6-14)2-3-8(9)10/h2-6,12H,1H3,(H,13,14). The molecule has 1 aromatic carbocycles. The van der Waals surface area contributed by atoms with Crippen LogP contribution in [0.2, 0.25) is 0 Å². The number of esters is 1. The van der Waals surface area contributed by atoms with Crippen LogP contribution in [0.15, 0.2) is 24.4 Å². The number of rotatable bonds is 3. The van der Waals surface area contributed by atoms with Crippen LogP contribution >= 0.6 is 0 Å². The molecule has 1 heterocycles. The Hall–Kier alpha value is -2.30. The average molecular weight is 218 g/mol. The van der Waals surface area contributed by atoms with Crippen molar-refractivity contribution in [2.24, 2.45) is 0 Å². The molecule has 0 fully saturated rings. The minimum Gasteiger partial charge on any atom is -0.465 e. The number of ether oxygens (including phenoxy) is 1. The summed E-state index contributed by atoms with van der Waals surface area (Å²) in [6.07, 6.45) is 2.19. The largest absolute Gasteiger partial charge is 0.465 e. The van der Waals surface area contributed by atoms with Crippen LogP contribution in [0.25, 0.3) is 10.9 Å². The molecule has 82 valence electrons. The zero-order valence-corrected chi connectivity index (χ0v) is 8.61. The highest BCUT2D eigenvalue weighted by molar-refractivity contribution is 6.04. The molecule has 2 aromatic rings. The first-order valence-electron chi connectivity index (χ1n) is 4.66. The first-order valence-corrected chi connectivity index (χ1v) is 4.66. The molecule has 0 aliphatic heterocycles. The number of hydrogen-bond donors (Lipinski definition) is 2.